The molecule has 0 radical (unpaired) electrons. The molecule has 2 atom stereocenters. The molecule has 0 saturated carbocycles. The van der Waals surface area contributed by atoms with Crippen molar-refractivity contribution in [3.63, 3.8) is 0 Å². The van der Waals surface area contributed by atoms with Crippen LogP contribution in [0.2, 0.25) is 0 Å². The Labute approximate surface area is 111 Å². The first-order chi connectivity index (χ1) is 8.49. The summed E-state index contributed by atoms with van der Waals surface area (Å²) >= 11 is 0. The molecule has 0 amide bonds. The highest BCUT2D eigenvalue weighted by Gasteiger charge is 2.21. The fourth-order valence-corrected chi connectivity index (χ4v) is 2.10. The Balaban J connectivity index is 2.12. The molecule has 0 aliphatic carbocycles. The molecule has 0 aromatic carbocycles. The Kier molecular flexibility index (Phi) is 7.11. The van der Waals surface area contributed by atoms with Crippen molar-refractivity contribution in [1.82, 2.24) is 15.1 Å². The zero-order chi connectivity index (χ0) is 13.5. The third-order valence-electron chi connectivity index (χ3n) is 3.36. The molecule has 1 aliphatic rings. The second-order valence-corrected chi connectivity index (χ2v) is 5.59. The zero-order valence-electron chi connectivity index (χ0n) is 12.2. The summed E-state index contributed by atoms with van der Waals surface area (Å²) in [5.74, 6) is 0. The zero-order valence-corrected chi connectivity index (χ0v) is 12.2. The number of hydrogen-bond acceptors (Lipinski definition) is 5. The molecule has 0 aromatic rings. The van der Waals surface area contributed by atoms with E-state index in [1.165, 1.54) is 0 Å². The Morgan fingerprint density at radius 2 is 2.06 bits per heavy atom. The normalized spacial score (nSPS) is 24.7. The lowest BCUT2D eigenvalue weighted by molar-refractivity contribution is 0.00536. The van der Waals surface area contributed by atoms with E-state index in [1.807, 2.05) is 13.8 Å². The van der Waals surface area contributed by atoms with Crippen LogP contribution in [0.15, 0.2) is 0 Å². The number of likely N-dealkylation sites (N-methyl/N-ethyl adjacent to an activating group) is 2. The second kappa shape index (κ2) is 8.07. The predicted molar refractivity (Wildman–Crippen MR) is 73.9 cm³/mol. The van der Waals surface area contributed by atoms with Crippen LogP contribution in [0.25, 0.3) is 0 Å². The van der Waals surface area contributed by atoms with Crippen molar-refractivity contribution >= 4 is 0 Å². The third kappa shape index (κ3) is 6.11. The summed E-state index contributed by atoms with van der Waals surface area (Å²) < 4.78 is 5.38. The first-order valence-corrected chi connectivity index (χ1v) is 6.88. The van der Waals surface area contributed by atoms with Crippen molar-refractivity contribution < 1.29 is 9.84 Å². The van der Waals surface area contributed by atoms with Crippen molar-refractivity contribution in [2.24, 2.45) is 0 Å². The second-order valence-electron chi connectivity index (χ2n) is 5.59. The fourth-order valence-electron chi connectivity index (χ4n) is 2.10. The van der Waals surface area contributed by atoms with Gasteiger partial charge in [-0.05, 0) is 27.9 Å². The molecule has 0 bridgehead atoms. The number of rotatable bonds is 7. The van der Waals surface area contributed by atoms with Crippen molar-refractivity contribution in [2.75, 3.05) is 53.4 Å². The highest BCUT2D eigenvalue weighted by molar-refractivity contribution is 4.80. The number of ether oxygens (including phenoxy) is 1. The fraction of sp³-hybridized carbons (Fsp3) is 1.00. The number of nitrogens with zero attached hydrogens (tertiary/aromatic N) is 2. The molecule has 2 N–H and O–H groups in total. The molecule has 108 valence electrons. The SMILES string of the molecule is CC(C)OCC(O)CNCC1CN(C)CCN1C. The van der Waals surface area contributed by atoms with Gasteiger partial charge in [-0.2, -0.15) is 0 Å². The molecule has 0 spiro atoms. The van der Waals surface area contributed by atoms with Gasteiger partial charge >= 0.3 is 0 Å². The quantitative estimate of drug-likeness (QED) is 0.652. The summed E-state index contributed by atoms with van der Waals surface area (Å²) in [6.07, 6.45) is -0.239. The summed E-state index contributed by atoms with van der Waals surface area (Å²) in [4.78, 5) is 4.73. The lowest BCUT2D eigenvalue weighted by Gasteiger charge is -2.37. The Bertz CT molecular complexity index is 226. The van der Waals surface area contributed by atoms with Gasteiger partial charge in [0, 0.05) is 38.8 Å². The van der Waals surface area contributed by atoms with E-state index in [0.717, 1.165) is 26.2 Å². The molecule has 1 saturated heterocycles. The van der Waals surface area contributed by atoms with Crippen LogP contribution in [0.1, 0.15) is 13.8 Å². The smallest absolute Gasteiger partial charge is 0.0897 e. The first kappa shape index (κ1) is 15.9. The van der Waals surface area contributed by atoms with Crippen LogP contribution in [0.3, 0.4) is 0 Å². The van der Waals surface area contributed by atoms with Crippen LogP contribution < -0.4 is 5.32 Å². The maximum Gasteiger partial charge on any atom is 0.0897 e. The maximum atomic E-state index is 9.73. The summed E-state index contributed by atoms with van der Waals surface area (Å²) in [5, 5.41) is 13.1. The van der Waals surface area contributed by atoms with Gasteiger partial charge in [0.25, 0.3) is 0 Å². The van der Waals surface area contributed by atoms with Gasteiger partial charge in [-0.15, -0.1) is 0 Å². The van der Waals surface area contributed by atoms with E-state index in [-0.39, 0.29) is 6.10 Å². The van der Waals surface area contributed by atoms with E-state index in [4.69, 9.17) is 4.74 Å². The lowest BCUT2D eigenvalue weighted by atomic mass is 10.2. The van der Waals surface area contributed by atoms with Crippen molar-refractivity contribution in [3.8, 4) is 0 Å². The van der Waals surface area contributed by atoms with Crippen LogP contribution in [-0.4, -0.2) is 86.6 Å². The monoisotopic (exact) mass is 259 g/mol. The molecule has 5 heteroatoms. The summed E-state index contributed by atoms with van der Waals surface area (Å²) in [6.45, 7) is 9.22. The molecule has 18 heavy (non-hydrogen) atoms. The molecule has 1 fully saturated rings. The molecular weight excluding hydrogens is 230 g/mol. The van der Waals surface area contributed by atoms with E-state index in [1.54, 1.807) is 0 Å². The average molecular weight is 259 g/mol. The van der Waals surface area contributed by atoms with Gasteiger partial charge in [-0.1, -0.05) is 0 Å². The van der Waals surface area contributed by atoms with Gasteiger partial charge in [0.2, 0.25) is 0 Å². The van der Waals surface area contributed by atoms with Gasteiger partial charge in [0.1, 0.15) is 0 Å². The minimum absolute atomic E-state index is 0.178. The molecule has 1 heterocycles. The molecule has 5 nitrogen and oxygen atoms in total. The van der Waals surface area contributed by atoms with Crippen LogP contribution in [0, 0.1) is 0 Å². The lowest BCUT2D eigenvalue weighted by Crippen LogP contribution is -2.54. The summed E-state index contributed by atoms with van der Waals surface area (Å²) in [6, 6.07) is 0.530. The van der Waals surface area contributed by atoms with E-state index in [9.17, 15) is 5.11 Å². The van der Waals surface area contributed by atoms with E-state index in [0.29, 0.717) is 19.2 Å². The van der Waals surface area contributed by atoms with E-state index < -0.39 is 6.10 Å². The van der Waals surface area contributed by atoms with Crippen LogP contribution in [-0.2, 0) is 4.74 Å². The van der Waals surface area contributed by atoms with Crippen molar-refractivity contribution in [2.45, 2.75) is 32.1 Å². The maximum absolute atomic E-state index is 9.73. The molecule has 2 unspecified atom stereocenters. The van der Waals surface area contributed by atoms with Gasteiger partial charge in [-0.3, -0.25) is 4.90 Å². The standard InChI is InChI=1S/C13H29N3O2/c1-11(2)18-10-13(17)8-14-7-12-9-15(3)5-6-16(12)4/h11-14,17H,5-10H2,1-4H3. The topological polar surface area (TPSA) is 48.0 Å². The van der Waals surface area contributed by atoms with Gasteiger partial charge in [0.05, 0.1) is 18.8 Å². The minimum Gasteiger partial charge on any atom is -0.389 e. The summed E-state index contributed by atoms with van der Waals surface area (Å²) in [7, 11) is 4.32. The predicted octanol–water partition coefficient (Wildman–Crippen LogP) is -0.392. The molecular formula is C13H29N3O2. The van der Waals surface area contributed by atoms with Crippen LogP contribution in [0.4, 0.5) is 0 Å². The van der Waals surface area contributed by atoms with Gasteiger partial charge < -0.3 is 20.1 Å². The largest absolute Gasteiger partial charge is 0.389 e. The number of hydrogen-bond donors (Lipinski definition) is 2. The number of nitrogens with one attached hydrogen (secondary N) is 1. The van der Waals surface area contributed by atoms with Crippen LogP contribution in [0.5, 0.6) is 0 Å². The van der Waals surface area contributed by atoms with Crippen LogP contribution >= 0.6 is 0 Å². The minimum atomic E-state index is -0.418. The highest BCUT2D eigenvalue weighted by atomic mass is 16.5. The Morgan fingerprint density at radius 1 is 1.33 bits per heavy atom. The van der Waals surface area contributed by atoms with E-state index in [2.05, 4.69) is 29.2 Å². The Hall–Kier alpha value is -0.200. The third-order valence-corrected chi connectivity index (χ3v) is 3.36. The number of piperazine rings is 1. The van der Waals surface area contributed by atoms with Crippen molar-refractivity contribution in [1.29, 1.82) is 0 Å². The molecule has 0 aromatic heterocycles. The summed E-state index contributed by atoms with van der Waals surface area (Å²) in [5.41, 5.74) is 0. The highest BCUT2D eigenvalue weighted by Crippen LogP contribution is 2.04. The first-order valence-electron chi connectivity index (χ1n) is 6.88. The van der Waals surface area contributed by atoms with Gasteiger partial charge in [0.15, 0.2) is 0 Å². The van der Waals surface area contributed by atoms with Gasteiger partial charge in [-0.25, -0.2) is 0 Å². The Morgan fingerprint density at radius 3 is 2.72 bits per heavy atom. The van der Waals surface area contributed by atoms with Crippen molar-refractivity contribution in [3.05, 3.63) is 0 Å². The number of aliphatic hydroxyl groups excluding tert-OH is 1. The molecule has 1 rings (SSSR count). The number of aliphatic hydroxyl groups is 1. The average Bonchev–Trinajstić information content (AvgIpc) is 2.31. The molecule has 1 aliphatic heterocycles. The van der Waals surface area contributed by atoms with E-state index >= 15 is 0 Å².